The molecule has 0 aromatic heterocycles. The average Bonchev–Trinajstić information content (AvgIpc) is 3.57. The van der Waals surface area contributed by atoms with E-state index in [0.29, 0.717) is 35.8 Å². The van der Waals surface area contributed by atoms with E-state index in [1.165, 1.54) is 11.1 Å². The van der Waals surface area contributed by atoms with E-state index in [0.717, 1.165) is 68.5 Å². The van der Waals surface area contributed by atoms with Crippen LogP contribution in [0.5, 0.6) is 0 Å². The van der Waals surface area contributed by atoms with Crippen molar-refractivity contribution in [1.82, 2.24) is 9.80 Å². The topological polar surface area (TPSA) is 74.8 Å². The van der Waals surface area contributed by atoms with Gasteiger partial charge in [0, 0.05) is 89.1 Å². The van der Waals surface area contributed by atoms with Crippen LogP contribution in [0.15, 0.2) is 76.0 Å². The number of imide groups is 2. The van der Waals surface area contributed by atoms with Gasteiger partial charge in [0.05, 0.1) is 22.3 Å². The van der Waals surface area contributed by atoms with Crippen LogP contribution in [-0.2, 0) is 12.8 Å². The van der Waals surface area contributed by atoms with Crippen LogP contribution in [0, 0.1) is 6.92 Å². The number of hydrogen-bond donors (Lipinski definition) is 0. The lowest BCUT2D eigenvalue weighted by Crippen LogP contribution is -2.40. The van der Waals surface area contributed by atoms with Crippen molar-refractivity contribution in [3.8, 4) is 0 Å². The molecule has 0 spiro atoms. The monoisotopic (exact) mass is 1840 g/mol. The van der Waals surface area contributed by atoms with E-state index in [9.17, 15) is 19.2 Å². The predicted octanol–water partition coefficient (Wildman–Crippen LogP) is 18.3. The van der Waals surface area contributed by atoms with Gasteiger partial charge in [0.2, 0.25) is 0 Å². The highest BCUT2D eigenvalue weighted by Crippen LogP contribution is 2.49. The summed E-state index contributed by atoms with van der Waals surface area (Å²) in [5.74, 6) is -2.07. The van der Waals surface area contributed by atoms with Gasteiger partial charge in [0.25, 0.3) is 23.6 Å². The Hall–Kier alpha value is 3.32. The second-order valence-corrected chi connectivity index (χ2v) is 24.9. The Morgan fingerprint density at radius 3 is 0.750 bits per heavy atom. The van der Waals surface area contributed by atoms with Gasteiger partial charge in [0.1, 0.15) is 0 Å². The third kappa shape index (κ3) is 9.10. The molecule has 4 aromatic rings. The first kappa shape index (κ1) is 50.3. The van der Waals surface area contributed by atoms with Gasteiger partial charge in [-0.25, -0.2) is 0 Å². The van der Waals surface area contributed by atoms with Crippen LogP contribution in [0.3, 0.4) is 0 Å². The maximum atomic E-state index is 13.0. The number of carbonyl (C=O) groups excluding carboxylic acids is 4. The Bertz CT molecular complexity index is 2150. The van der Waals surface area contributed by atoms with Gasteiger partial charge in [-0.15, -0.1) is 0 Å². The summed E-state index contributed by atoms with van der Waals surface area (Å²) in [7, 11) is 0. The normalized spacial score (nSPS) is 13.5. The van der Waals surface area contributed by atoms with Crippen LogP contribution < -0.4 is 0 Å². The number of benzene rings is 4. The first-order valence-electron chi connectivity index (χ1n) is 14.8. The van der Waals surface area contributed by atoms with E-state index in [-0.39, 0.29) is 35.3 Å². The highest BCUT2D eigenvalue weighted by atomic mass is 79.9. The lowest BCUT2D eigenvalue weighted by Gasteiger charge is -2.19. The van der Waals surface area contributed by atoms with E-state index in [4.69, 9.17) is 0 Å². The first-order chi connectivity index (χ1) is 26.0. The second-order valence-electron chi connectivity index (χ2n) is 11.4. The van der Waals surface area contributed by atoms with Crippen molar-refractivity contribution in [2.45, 2.75) is 19.8 Å². The predicted molar refractivity (Wildman–Crippen MR) is 280 cm³/mol. The van der Waals surface area contributed by atoms with Crippen LogP contribution in [-0.4, -0.2) is 46.5 Å². The Labute approximate surface area is 463 Å². The molecule has 56 heavy (non-hydrogen) atoms. The number of nitrogens with zero attached hydrogens (tertiary/aromatic N) is 2. The molecule has 6 nitrogen and oxygen atoms in total. The highest BCUT2D eigenvalue weighted by molar-refractivity contribution is 9.17. The molecule has 2 aliphatic rings. The molecule has 4 aromatic carbocycles. The quantitative estimate of drug-likeness (QED) is 0.110. The molecule has 0 unspecified atom stereocenters. The third-order valence-corrected chi connectivity index (χ3v) is 29.0. The maximum Gasteiger partial charge on any atom is 0.262 e. The van der Waals surface area contributed by atoms with E-state index >= 15 is 0 Å². The van der Waals surface area contributed by atoms with Crippen molar-refractivity contribution in [3.05, 3.63) is 115 Å². The molecule has 0 N–H and O–H groups in total. The zero-order chi connectivity index (χ0) is 42.1. The minimum atomic E-state index is -0.518. The van der Waals surface area contributed by atoms with Gasteiger partial charge < -0.3 is 0 Å². The van der Waals surface area contributed by atoms with E-state index in [2.05, 4.69) is 278 Å². The van der Waals surface area contributed by atoms with Crippen molar-refractivity contribution in [1.29, 1.82) is 0 Å². The summed E-state index contributed by atoms with van der Waals surface area (Å²) < 4.78 is 13.4. The second kappa shape index (κ2) is 20.2. The molecule has 0 saturated carbocycles. The smallest absolute Gasteiger partial charge is 0.262 e. The number of carbonyl (C=O) groups is 4. The first-order valence-corrected chi connectivity index (χ1v) is 28.2. The van der Waals surface area contributed by atoms with Gasteiger partial charge >= 0.3 is 0 Å². The lowest BCUT2D eigenvalue weighted by molar-refractivity contribution is 0.0560. The summed E-state index contributed by atoms with van der Waals surface area (Å²) >= 11 is 60.0. The fraction of sp³-hybridized carbons (Fsp3) is 0.152. The molecule has 2 heterocycles. The van der Waals surface area contributed by atoms with Gasteiger partial charge in [0.15, 0.2) is 0 Å². The molecule has 0 bridgehead atoms. The van der Waals surface area contributed by atoms with Crippen LogP contribution in [0.1, 0.15) is 58.1 Å². The van der Waals surface area contributed by atoms with E-state index < -0.39 is 23.6 Å². The molecule has 0 saturated heterocycles. The van der Waals surface area contributed by atoms with E-state index in [1.54, 1.807) is 0 Å². The molecule has 0 aliphatic carbocycles. The number of fused-ring (bicyclic) bond motifs is 2. The van der Waals surface area contributed by atoms with Crippen molar-refractivity contribution in [3.63, 3.8) is 0 Å². The standard InChI is InChI=1S/C18H4Br8N2O4.C15H7Br9/c19-7-3-4(8(20)12(24)11(7)23)16(30)27(15(3)29)1-2-28-17(31)5-6(18(28)32)10(22)14(26)13(25)9(5)21;1-4-7(16)9(18)5(10(19)8(4)17)2-3-6-11(20)13(22)15(24)14(23)12(6)21/h1-2H2;2-3H2,1H3. The van der Waals surface area contributed by atoms with Gasteiger partial charge in [-0.3, -0.25) is 29.0 Å². The molecule has 6 rings (SSSR count). The average molecular weight is 1860 g/mol. The molecule has 296 valence electrons. The third-order valence-electron chi connectivity index (χ3n) is 8.42. The van der Waals surface area contributed by atoms with Crippen molar-refractivity contribution < 1.29 is 19.2 Å². The minimum absolute atomic E-state index is 0.149. The Morgan fingerprint density at radius 1 is 0.304 bits per heavy atom. The molecule has 2 aliphatic heterocycles. The Morgan fingerprint density at radius 2 is 0.500 bits per heavy atom. The SMILES string of the molecule is Cc1c(Br)c(Br)c(CCc2c(Br)c(Br)c(Br)c(Br)c2Br)c(Br)c1Br.O=C1c2c(Br)c(Br)c(Br)c(Br)c2C(=O)N1CCN1C(=O)c2c(Br)c(Br)c(Br)c(Br)c2C1=O. The molecule has 0 fully saturated rings. The molecule has 23 heteroatoms. The summed E-state index contributed by atoms with van der Waals surface area (Å²) in [6, 6.07) is 0. The van der Waals surface area contributed by atoms with Crippen LogP contribution >= 0.6 is 271 Å². The molecule has 4 amide bonds. The van der Waals surface area contributed by atoms with Gasteiger partial charge in [-0.2, -0.15) is 0 Å². The van der Waals surface area contributed by atoms with Gasteiger partial charge in [-0.1, -0.05) is 0 Å². The number of halogens is 17. The summed E-state index contributed by atoms with van der Waals surface area (Å²) in [6.45, 7) is 1.77. The van der Waals surface area contributed by atoms with Gasteiger partial charge in [-0.05, 0) is 307 Å². The zero-order valence-electron chi connectivity index (χ0n) is 26.8. The summed E-state index contributed by atoms with van der Waals surface area (Å²) in [6.07, 6.45) is 1.74. The minimum Gasteiger partial charge on any atom is -0.272 e. The largest absolute Gasteiger partial charge is 0.272 e. The molecular formula is C33H11Br17N2O4. The fourth-order valence-electron chi connectivity index (χ4n) is 5.52. The van der Waals surface area contributed by atoms with Crippen LogP contribution in [0.25, 0.3) is 0 Å². The van der Waals surface area contributed by atoms with Crippen molar-refractivity contribution in [2.24, 2.45) is 0 Å². The van der Waals surface area contributed by atoms with Crippen LogP contribution in [0.4, 0.5) is 0 Å². The number of hydrogen-bond acceptors (Lipinski definition) is 4. The molecular weight excluding hydrogens is 1850 g/mol. The molecule has 0 radical (unpaired) electrons. The summed E-state index contributed by atoms with van der Waals surface area (Å²) in [4.78, 5) is 54.2. The summed E-state index contributed by atoms with van der Waals surface area (Å²) in [5.41, 5.74) is 4.40. The van der Waals surface area contributed by atoms with Crippen molar-refractivity contribution in [2.75, 3.05) is 13.1 Å². The fourth-order valence-corrected chi connectivity index (χ4v) is 16.8. The van der Waals surface area contributed by atoms with Crippen LogP contribution in [0.2, 0.25) is 0 Å². The molecule has 0 atom stereocenters. The maximum absolute atomic E-state index is 13.0. The van der Waals surface area contributed by atoms with E-state index in [1.807, 2.05) is 0 Å². The lowest BCUT2D eigenvalue weighted by atomic mass is 10.0. The Balaban J connectivity index is 0.000000224. The van der Waals surface area contributed by atoms with Crippen molar-refractivity contribution >= 4 is 294 Å². The Kier molecular flexibility index (Phi) is 18.2. The highest BCUT2D eigenvalue weighted by Gasteiger charge is 2.44. The summed E-state index contributed by atoms with van der Waals surface area (Å²) in [5, 5.41) is 0. The zero-order valence-corrected chi connectivity index (χ0v) is 53.7. The number of rotatable bonds is 6. The number of amides is 4.